The second-order valence-electron chi connectivity index (χ2n) is 6.63. The van der Waals surface area contributed by atoms with Crippen LogP contribution in [0.3, 0.4) is 0 Å². The Labute approximate surface area is 136 Å². The molecule has 1 aromatic rings. The zero-order chi connectivity index (χ0) is 17.1. The number of ether oxygens (including phenoxy) is 1. The van der Waals surface area contributed by atoms with Crippen LogP contribution >= 0.6 is 11.6 Å². The van der Waals surface area contributed by atoms with Crippen LogP contribution in [-0.2, 0) is 9.59 Å². The summed E-state index contributed by atoms with van der Waals surface area (Å²) in [7, 11) is 1.51. The van der Waals surface area contributed by atoms with Gasteiger partial charge in [0.1, 0.15) is 11.2 Å². The van der Waals surface area contributed by atoms with Gasteiger partial charge in [0.15, 0.2) is 0 Å². The Balaban J connectivity index is 2.87. The first-order chi connectivity index (χ1) is 9.97. The van der Waals surface area contributed by atoms with Crippen molar-refractivity contribution in [3.63, 3.8) is 0 Å². The highest BCUT2D eigenvalue weighted by Gasteiger charge is 2.37. The maximum atomic E-state index is 12.4. The Morgan fingerprint density at radius 1 is 1.09 bits per heavy atom. The molecule has 0 spiro atoms. The molecule has 5 nitrogen and oxygen atoms in total. The molecule has 0 radical (unpaired) electrons. The molecular weight excluding hydrogens is 304 g/mol. The minimum Gasteiger partial charge on any atom is -0.495 e. The minimum atomic E-state index is -1.21. The molecule has 0 saturated heterocycles. The number of hydrogen-bond donors (Lipinski definition) is 2. The molecular formula is C16H23ClN2O3. The van der Waals surface area contributed by atoms with E-state index in [1.807, 2.05) is 20.8 Å². The van der Waals surface area contributed by atoms with Crippen molar-refractivity contribution in [3.05, 3.63) is 23.2 Å². The first-order valence-corrected chi connectivity index (χ1v) is 7.33. The topological polar surface area (TPSA) is 67.4 Å². The fraction of sp³-hybridized carbons (Fsp3) is 0.500. The fourth-order valence-corrected chi connectivity index (χ4v) is 1.89. The Morgan fingerprint density at radius 2 is 1.68 bits per heavy atom. The van der Waals surface area contributed by atoms with Crippen molar-refractivity contribution in [2.75, 3.05) is 12.4 Å². The predicted octanol–water partition coefficient (Wildman–Crippen LogP) is 3.23. The Bertz CT molecular complexity index is 577. The average Bonchev–Trinajstić information content (AvgIpc) is 2.36. The zero-order valence-electron chi connectivity index (χ0n) is 13.8. The van der Waals surface area contributed by atoms with Crippen molar-refractivity contribution in [1.82, 2.24) is 5.32 Å². The number of carbonyl (C=O) groups is 2. The molecule has 2 N–H and O–H groups in total. The molecule has 0 atom stereocenters. The third kappa shape index (κ3) is 4.63. The number of halogens is 1. The maximum Gasteiger partial charge on any atom is 0.239 e. The molecule has 22 heavy (non-hydrogen) atoms. The predicted molar refractivity (Wildman–Crippen MR) is 88.3 cm³/mol. The number of methoxy groups -OCH3 is 1. The highest BCUT2D eigenvalue weighted by atomic mass is 35.5. The van der Waals surface area contributed by atoms with Crippen molar-refractivity contribution in [2.45, 2.75) is 40.2 Å². The van der Waals surface area contributed by atoms with Gasteiger partial charge in [0.2, 0.25) is 11.8 Å². The minimum absolute atomic E-state index is 0.336. The van der Waals surface area contributed by atoms with Gasteiger partial charge in [-0.3, -0.25) is 9.59 Å². The third-order valence-electron chi connectivity index (χ3n) is 3.03. The van der Waals surface area contributed by atoms with E-state index in [1.54, 1.807) is 32.0 Å². The van der Waals surface area contributed by atoms with E-state index < -0.39 is 16.9 Å². The van der Waals surface area contributed by atoms with Gasteiger partial charge < -0.3 is 15.4 Å². The first-order valence-electron chi connectivity index (χ1n) is 6.95. The monoisotopic (exact) mass is 326 g/mol. The number of hydrogen-bond acceptors (Lipinski definition) is 3. The molecule has 0 aromatic heterocycles. The molecule has 122 valence electrons. The molecule has 0 aliphatic carbocycles. The van der Waals surface area contributed by atoms with E-state index in [9.17, 15) is 9.59 Å². The van der Waals surface area contributed by atoms with Crippen LogP contribution in [0, 0.1) is 5.41 Å². The number of anilines is 1. The fourth-order valence-electron chi connectivity index (χ4n) is 1.63. The lowest BCUT2D eigenvalue weighted by atomic mass is 9.89. The Hall–Kier alpha value is -1.75. The molecule has 0 saturated carbocycles. The molecule has 0 aliphatic heterocycles. The normalized spacial score (nSPS) is 11.8. The van der Waals surface area contributed by atoms with Crippen LogP contribution in [0.2, 0.25) is 5.02 Å². The van der Waals surface area contributed by atoms with Crippen LogP contribution in [0.15, 0.2) is 18.2 Å². The molecule has 0 heterocycles. The zero-order valence-corrected chi connectivity index (χ0v) is 14.6. The molecule has 2 amide bonds. The van der Waals surface area contributed by atoms with Crippen molar-refractivity contribution in [1.29, 1.82) is 0 Å². The summed E-state index contributed by atoms with van der Waals surface area (Å²) >= 11 is 6.02. The van der Waals surface area contributed by atoms with Crippen molar-refractivity contribution in [2.24, 2.45) is 5.41 Å². The standard InChI is InChI=1S/C16H23ClN2O3/c1-15(2,3)19-14(21)16(4,5)13(20)18-10-7-8-12(22-6)11(17)9-10/h7-9H,1-6H3,(H,18,20)(H,19,21). The van der Waals surface area contributed by atoms with Gasteiger partial charge in [0.25, 0.3) is 0 Å². The number of benzene rings is 1. The summed E-state index contributed by atoms with van der Waals surface area (Å²) in [5.74, 6) is -0.225. The van der Waals surface area contributed by atoms with Gasteiger partial charge in [0, 0.05) is 11.2 Å². The molecule has 1 aromatic carbocycles. The van der Waals surface area contributed by atoms with Gasteiger partial charge >= 0.3 is 0 Å². The molecule has 6 heteroatoms. The summed E-state index contributed by atoms with van der Waals surface area (Å²) in [6.07, 6.45) is 0. The van der Waals surface area contributed by atoms with Gasteiger partial charge in [-0.2, -0.15) is 0 Å². The highest BCUT2D eigenvalue weighted by Crippen LogP contribution is 2.28. The first kappa shape index (κ1) is 18.3. The van der Waals surface area contributed by atoms with Crippen molar-refractivity contribution < 1.29 is 14.3 Å². The number of amides is 2. The number of rotatable bonds is 4. The summed E-state index contributed by atoms with van der Waals surface area (Å²) in [6, 6.07) is 4.90. The van der Waals surface area contributed by atoms with Gasteiger partial charge in [-0.25, -0.2) is 0 Å². The van der Waals surface area contributed by atoms with Crippen LogP contribution in [0.25, 0.3) is 0 Å². The van der Waals surface area contributed by atoms with E-state index >= 15 is 0 Å². The Morgan fingerprint density at radius 3 is 2.14 bits per heavy atom. The van der Waals surface area contributed by atoms with E-state index in [0.717, 1.165) is 0 Å². The van der Waals surface area contributed by atoms with E-state index in [1.165, 1.54) is 7.11 Å². The summed E-state index contributed by atoms with van der Waals surface area (Å²) in [6.45, 7) is 8.75. The highest BCUT2D eigenvalue weighted by molar-refractivity contribution is 6.32. The van der Waals surface area contributed by atoms with Crippen LogP contribution in [0.4, 0.5) is 5.69 Å². The number of nitrogens with one attached hydrogen (secondary N) is 2. The molecule has 0 bridgehead atoms. The molecule has 0 aliphatic rings. The molecule has 1 rings (SSSR count). The summed E-state index contributed by atoms with van der Waals surface area (Å²) < 4.78 is 5.06. The van der Waals surface area contributed by atoms with Crippen molar-refractivity contribution >= 4 is 29.1 Å². The van der Waals surface area contributed by atoms with E-state index in [2.05, 4.69) is 10.6 Å². The average molecular weight is 327 g/mol. The summed E-state index contributed by atoms with van der Waals surface area (Å²) in [5, 5.41) is 5.90. The summed E-state index contributed by atoms with van der Waals surface area (Å²) in [4.78, 5) is 24.6. The lowest BCUT2D eigenvalue weighted by molar-refractivity contribution is -0.139. The molecule has 0 fully saturated rings. The van der Waals surface area contributed by atoms with Crippen LogP contribution < -0.4 is 15.4 Å². The van der Waals surface area contributed by atoms with Gasteiger partial charge in [-0.15, -0.1) is 0 Å². The molecule has 0 unspecified atom stereocenters. The van der Waals surface area contributed by atoms with Crippen LogP contribution in [0.5, 0.6) is 5.75 Å². The second-order valence-corrected chi connectivity index (χ2v) is 7.04. The van der Waals surface area contributed by atoms with E-state index in [0.29, 0.717) is 16.5 Å². The van der Waals surface area contributed by atoms with Crippen LogP contribution in [0.1, 0.15) is 34.6 Å². The lowest BCUT2D eigenvalue weighted by Gasteiger charge is -2.28. The van der Waals surface area contributed by atoms with Crippen molar-refractivity contribution in [3.8, 4) is 5.75 Å². The smallest absolute Gasteiger partial charge is 0.239 e. The largest absolute Gasteiger partial charge is 0.495 e. The van der Waals surface area contributed by atoms with Gasteiger partial charge in [-0.1, -0.05) is 11.6 Å². The number of carbonyl (C=O) groups excluding carboxylic acids is 2. The SMILES string of the molecule is COc1ccc(NC(=O)C(C)(C)C(=O)NC(C)(C)C)cc1Cl. The second kappa shape index (κ2) is 6.57. The quantitative estimate of drug-likeness (QED) is 0.835. The Kier molecular flexibility index (Phi) is 5.46. The van der Waals surface area contributed by atoms with Crippen LogP contribution in [-0.4, -0.2) is 24.5 Å². The van der Waals surface area contributed by atoms with Gasteiger partial charge in [0.05, 0.1) is 12.1 Å². The van der Waals surface area contributed by atoms with E-state index in [-0.39, 0.29) is 5.91 Å². The summed E-state index contributed by atoms with van der Waals surface area (Å²) in [5.41, 5.74) is -1.11. The third-order valence-corrected chi connectivity index (χ3v) is 3.33. The van der Waals surface area contributed by atoms with Gasteiger partial charge in [-0.05, 0) is 52.8 Å². The maximum absolute atomic E-state index is 12.4. The lowest BCUT2D eigenvalue weighted by Crippen LogP contribution is -2.51. The van der Waals surface area contributed by atoms with E-state index in [4.69, 9.17) is 16.3 Å².